The lowest BCUT2D eigenvalue weighted by molar-refractivity contribution is -0.146. The van der Waals surface area contributed by atoms with Crippen LogP contribution in [0, 0.1) is 11.3 Å². The van der Waals surface area contributed by atoms with Crippen molar-refractivity contribution in [3.05, 3.63) is 12.7 Å². The quantitative estimate of drug-likeness (QED) is 0.733. The summed E-state index contributed by atoms with van der Waals surface area (Å²) in [5, 5.41) is 9.20. The molecule has 2 unspecified atom stereocenters. The van der Waals surface area contributed by atoms with Crippen molar-refractivity contribution in [1.29, 1.82) is 0 Å². The Morgan fingerprint density at radius 3 is 2.56 bits per heavy atom. The molecule has 0 bridgehead atoms. The van der Waals surface area contributed by atoms with E-state index in [1.54, 1.807) is 6.08 Å². The zero-order valence-corrected chi connectivity index (χ0v) is 10.4. The summed E-state index contributed by atoms with van der Waals surface area (Å²) in [4.78, 5) is 11.2. The smallest absolute Gasteiger partial charge is 0.313 e. The van der Waals surface area contributed by atoms with Crippen LogP contribution in [0.4, 0.5) is 0 Å². The highest BCUT2D eigenvalue weighted by Crippen LogP contribution is 2.41. The van der Waals surface area contributed by atoms with Gasteiger partial charge in [0.15, 0.2) is 0 Å². The molecule has 92 valence electrons. The Hall–Kier alpha value is -0.830. The van der Waals surface area contributed by atoms with Crippen molar-refractivity contribution in [1.82, 2.24) is 0 Å². The first-order valence-electron chi connectivity index (χ1n) is 5.94. The number of carbonyl (C=O) groups is 1. The lowest BCUT2D eigenvalue weighted by atomic mass is 9.86. The second kappa shape index (κ2) is 5.00. The molecule has 16 heavy (non-hydrogen) atoms. The topological polar surface area (TPSA) is 46.5 Å². The van der Waals surface area contributed by atoms with Gasteiger partial charge >= 0.3 is 5.97 Å². The van der Waals surface area contributed by atoms with Crippen LogP contribution in [0.15, 0.2) is 12.7 Å². The molecular weight excluding hydrogens is 204 g/mol. The third-order valence-electron chi connectivity index (χ3n) is 3.67. The van der Waals surface area contributed by atoms with Crippen molar-refractivity contribution >= 4 is 5.97 Å². The number of carboxylic acids is 1. The van der Waals surface area contributed by atoms with E-state index in [1.807, 2.05) is 6.92 Å². The van der Waals surface area contributed by atoms with Gasteiger partial charge in [-0.1, -0.05) is 19.9 Å². The van der Waals surface area contributed by atoms with Crippen LogP contribution in [-0.2, 0) is 9.53 Å². The predicted octanol–water partition coefficient (Wildman–Crippen LogP) is 2.86. The Bertz CT molecular complexity index is 272. The van der Waals surface area contributed by atoms with E-state index >= 15 is 0 Å². The highest BCUT2D eigenvalue weighted by atomic mass is 16.5. The van der Waals surface area contributed by atoms with Gasteiger partial charge in [-0.3, -0.25) is 4.79 Å². The second-order valence-electron chi connectivity index (χ2n) is 5.12. The van der Waals surface area contributed by atoms with Crippen molar-refractivity contribution in [3.8, 4) is 0 Å². The third-order valence-corrected chi connectivity index (χ3v) is 3.67. The maximum atomic E-state index is 11.2. The molecule has 1 rings (SSSR count). The summed E-state index contributed by atoms with van der Waals surface area (Å²) < 4.78 is 5.87. The molecule has 3 nitrogen and oxygen atoms in total. The normalized spacial score (nSPS) is 31.6. The van der Waals surface area contributed by atoms with Crippen LogP contribution >= 0.6 is 0 Å². The minimum Gasteiger partial charge on any atom is -0.481 e. The highest BCUT2D eigenvalue weighted by Gasteiger charge is 2.43. The van der Waals surface area contributed by atoms with Gasteiger partial charge in [-0.15, -0.1) is 6.58 Å². The molecule has 3 atom stereocenters. The minimum atomic E-state index is -0.772. The Morgan fingerprint density at radius 2 is 2.19 bits per heavy atom. The van der Waals surface area contributed by atoms with E-state index in [2.05, 4.69) is 20.4 Å². The molecule has 0 saturated heterocycles. The predicted molar refractivity (Wildman–Crippen MR) is 63.3 cm³/mol. The summed E-state index contributed by atoms with van der Waals surface area (Å²) >= 11 is 0. The van der Waals surface area contributed by atoms with Crippen molar-refractivity contribution in [2.75, 3.05) is 0 Å². The monoisotopic (exact) mass is 226 g/mol. The zero-order valence-electron chi connectivity index (χ0n) is 10.4. The molecular formula is C13H22O3. The number of hydrogen-bond donors (Lipinski definition) is 1. The summed E-state index contributed by atoms with van der Waals surface area (Å²) in [6.45, 7) is 9.91. The summed E-state index contributed by atoms with van der Waals surface area (Å²) in [7, 11) is 0. The van der Waals surface area contributed by atoms with E-state index in [4.69, 9.17) is 4.74 Å². The molecule has 0 spiro atoms. The average molecular weight is 226 g/mol. The lowest BCUT2D eigenvalue weighted by Crippen LogP contribution is -2.28. The van der Waals surface area contributed by atoms with E-state index in [9.17, 15) is 9.90 Å². The number of aliphatic carboxylic acids is 1. The summed E-state index contributed by atoms with van der Waals surface area (Å²) in [5.41, 5.74) is -0.763. The van der Waals surface area contributed by atoms with Crippen LogP contribution in [0.25, 0.3) is 0 Å². The lowest BCUT2D eigenvalue weighted by Gasteiger charge is -2.23. The largest absolute Gasteiger partial charge is 0.481 e. The van der Waals surface area contributed by atoms with Gasteiger partial charge in [0.1, 0.15) is 0 Å². The molecule has 3 heteroatoms. The molecule has 1 aliphatic carbocycles. The molecule has 0 aromatic carbocycles. The van der Waals surface area contributed by atoms with Gasteiger partial charge in [-0.2, -0.15) is 0 Å². The van der Waals surface area contributed by atoms with E-state index < -0.39 is 11.4 Å². The first-order chi connectivity index (χ1) is 7.41. The molecule has 0 aromatic rings. The van der Waals surface area contributed by atoms with Crippen molar-refractivity contribution in [2.24, 2.45) is 11.3 Å². The maximum Gasteiger partial charge on any atom is 0.313 e. The number of ether oxygens (including phenoxy) is 1. The molecule has 0 aliphatic heterocycles. The average Bonchev–Trinajstić information content (AvgIpc) is 2.62. The SMILES string of the molecule is C=CC1(C(=O)O)CCC(O[C@H](C)C(C)C)C1. The Balaban J connectivity index is 2.58. The first kappa shape index (κ1) is 13.2. The van der Waals surface area contributed by atoms with E-state index in [0.717, 1.165) is 6.42 Å². The standard InChI is InChI=1S/C13H22O3/c1-5-13(12(14)15)7-6-11(8-13)16-10(4)9(2)3/h5,9-11H,1,6-8H2,2-4H3,(H,14,15)/t10-,11?,13?/m1/s1. The fourth-order valence-corrected chi connectivity index (χ4v) is 2.07. The summed E-state index contributed by atoms with van der Waals surface area (Å²) in [5.74, 6) is -0.311. The van der Waals surface area contributed by atoms with Crippen molar-refractivity contribution in [3.63, 3.8) is 0 Å². The maximum absolute atomic E-state index is 11.2. The first-order valence-corrected chi connectivity index (χ1v) is 5.94. The molecule has 0 heterocycles. The fourth-order valence-electron chi connectivity index (χ4n) is 2.07. The van der Waals surface area contributed by atoms with E-state index in [0.29, 0.717) is 18.8 Å². The van der Waals surface area contributed by atoms with Crippen molar-refractivity contribution in [2.45, 2.75) is 52.2 Å². The Labute approximate surface area is 97.5 Å². The summed E-state index contributed by atoms with van der Waals surface area (Å²) in [6, 6.07) is 0. The van der Waals surface area contributed by atoms with Crippen LogP contribution in [0.2, 0.25) is 0 Å². The Kier molecular flexibility index (Phi) is 4.14. The van der Waals surface area contributed by atoms with Gasteiger partial charge in [-0.25, -0.2) is 0 Å². The van der Waals surface area contributed by atoms with Gasteiger partial charge in [0.05, 0.1) is 17.6 Å². The second-order valence-corrected chi connectivity index (χ2v) is 5.12. The molecule has 1 saturated carbocycles. The van der Waals surface area contributed by atoms with Crippen LogP contribution in [0.3, 0.4) is 0 Å². The van der Waals surface area contributed by atoms with Gasteiger partial charge in [0.2, 0.25) is 0 Å². The van der Waals surface area contributed by atoms with Gasteiger partial charge in [0.25, 0.3) is 0 Å². The van der Waals surface area contributed by atoms with Crippen molar-refractivity contribution < 1.29 is 14.6 Å². The van der Waals surface area contributed by atoms with Crippen LogP contribution in [-0.4, -0.2) is 23.3 Å². The van der Waals surface area contributed by atoms with Crippen LogP contribution < -0.4 is 0 Å². The number of rotatable bonds is 5. The number of carboxylic acid groups (broad SMARTS) is 1. The molecule has 0 amide bonds. The van der Waals surface area contributed by atoms with Crippen LogP contribution in [0.1, 0.15) is 40.0 Å². The van der Waals surface area contributed by atoms with Gasteiger partial charge < -0.3 is 9.84 Å². The highest BCUT2D eigenvalue weighted by molar-refractivity contribution is 5.77. The van der Waals surface area contributed by atoms with Gasteiger partial charge in [0, 0.05) is 0 Å². The van der Waals surface area contributed by atoms with E-state index in [1.165, 1.54) is 0 Å². The molecule has 1 fully saturated rings. The van der Waals surface area contributed by atoms with Gasteiger partial charge in [-0.05, 0) is 32.1 Å². The molecule has 0 radical (unpaired) electrons. The Morgan fingerprint density at radius 1 is 1.56 bits per heavy atom. The van der Waals surface area contributed by atoms with Crippen LogP contribution in [0.5, 0.6) is 0 Å². The summed E-state index contributed by atoms with van der Waals surface area (Å²) in [6.07, 6.45) is 3.82. The number of hydrogen-bond acceptors (Lipinski definition) is 2. The third kappa shape index (κ3) is 2.64. The zero-order chi connectivity index (χ0) is 12.3. The molecule has 1 N–H and O–H groups in total. The van der Waals surface area contributed by atoms with E-state index in [-0.39, 0.29) is 12.2 Å². The minimum absolute atomic E-state index is 0.0616. The molecule has 0 aromatic heterocycles. The fraction of sp³-hybridized carbons (Fsp3) is 0.769. The molecule has 1 aliphatic rings.